The number of aromatic amines is 1. The van der Waals surface area contributed by atoms with Crippen molar-refractivity contribution in [2.75, 3.05) is 6.54 Å². The van der Waals surface area contributed by atoms with Crippen LogP contribution in [0.3, 0.4) is 0 Å². The zero-order valence-corrected chi connectivity index (χ0v) is 18.5. The quantitative estimate of drug-likeness (QED) is 0.433. The number of aromatic nitrogens is 4. The smallest absolute Gasteiger partial charge is 0.219 e. The second-order valence-electron chi connectivity index (χ2n) is 7.49. The molecule has 156 valence electrons. The van der Waals surface area contributed by atoms with Crippen LogP contribution in [0.2, 0.25) is 0 Å². The molecule has 4 heterocycles. The van der Waals surface area contributed by atoms with Gasteiger partial charge in [0.25, 0.3) is 0 Å². The van der Waals surface area contributed by atoms with Gasteiger partial charge >= 0.3 is 0 Å². The highest BCUT2D eigenvalue weighted by Crippen LogP contribution is 2.40. The van der Waals surface area contributed by atoms with E-state index in [-0.39, 0.29) is 11.9 Å². The zero-order chi connectivity index (χ0) is 21.4. The molecule has 0 bridgehead atoms. The predicted molar refractivity (Wildman–Crippen MR) is 121 cm³/mol. The second-order valence-corrected chi connectivity index (χ2v) is 8.41. The van der Waals surface area contributed by atoms with Gasteiger partial charge in [-0.3, -0.25) is 9.78 Å². The van der Waals surface area contributed by atoms with Crippen LogP contribution in [0.1, 0.15) is 31.4 Å². The molecule has 1 amide bonds. The van der Waals surface area contributed by atoms with Gasteiger partial charge in [-0.15, -0.1) is 0 Å². The van der Waals surface area contributed by atoms with Gasteiger partial charge in [-0.1, -0.05) is 6.07 Å². The van der Waals surface area contributed by atoms with Gasteiger partial charge in [0.2, 0.25) is 11.8 Å². The molecule has 1 atom stereocenters. The summed E-state index contributed by atoms with van der Waals surface area (Å²) < 4.78 is 7.06. The summed E-state index contributed by atoms with van der Waals surface area (Å²) in [5, 5.41) is 0. The number of likely N-dealkylation sites (tertiary alicyclic amines) is 1. The normalized spacial score (nSPS) is 16.1. The van der Waals surface area contributed by atoms with Crippen molar-refractivity contribution < 1.29 is 9.53 Å². The Morgan fingerprint density at radius 3 is 2.87 bits per heavy atom. The average molecular weight is 478 g/mol. The van der Waals surface area contributed by atoms with Gasteiger partial charge in [-0.2, -0.15) is 0 Å². The number of carbonyl (C=O) groups excluding carboxylic acids is 1. The molecule has 1 aliphatic rings. The molecule has 0 aliphatic carbocycles. The van der Waals surface area contributed by atoms with E-state index < -0.39 is 0 Å². The first kappa shape index (κ1) is 19.7. The standard InChI is InChI=1S/C23H20BrN5O2/c1-14(30)29-10-4-6-20(29)16-11-18-19(28-23(27-18)17-5-2-3-9-25-17)12-21(16)31-22-8-7-15(24)13-26-22/h2-3,5,7-9,11-13,20H,4,6,10H2,1H3,(H,27,28). The molecule has 1 aliphatic heterocycles. The van der Waals surface area contributed by atoms with Gasteiger partial charge in [-0.25, -0.2) is 9.97 Å². The van der Waals surface area contributed by atoms with Crippen LogP contribution in [0, 0.1) is 0 Å². The summed E-state index contributed by atoms with van der Waals surface area (Å²) >= 11 is 3.40. The first-order valence-electron chi connectivity index (χ1n) is 10.1. The Balaban J connectivity index is 1.62. The number of imidazole rings is 1. The molecule has 8 heteroatoms. The summed E-state index contributed by atoms with van der Waals surface area (Å²) in [6.45, 7) is 2.36. The lowest BCUT2D eigenvalue weighted by molar-refractivity contribution is -0.129. The fourth-order valence-electron chi connectivity index (χ4n) is 4.03. The van der Waals surface area contributed by atoms with Crippen molar-refractivity contribution in [1.82, 2.24) is 24.8 Å². The Hall–Kier alpha value is -3.26. The van der Waals surface area contributed by atoms with E-state index >= 15 is 0 Å². The number of hydrogen-bond acceptors (Lipinski definition) is 5. The molecule has 1 unspecified atom stereocenters. The lowest BCUT2D eigenvalue weighted by Gasteiger charge is -2.25. The maximum absolute atomic E-state index is 12.2. The van der Waals surface area contributed by atoms with Crippen LogP contribution in [0.25, 0.3) is 22.6 Å². The molecule has 7 nitrogen and oxygen atoms in total. The number of halogens is 1. The molecular formula is C23H20BrN5O2. The third kappa shape index (κ3) is 3.90. The van der Waals surface area contributed by atoms with E-state index in [0.717, 1.165) is 46.1 Å². The molecule has 4 aromatic rings. The molecule has 1 saturated heterocycles. The summed E-state index contributed by atoms with van der Waals surface area (Å²) in [7, 11) is 0. The molecule has 1 aromatic carbocycles. The van der Waals surface area contributed by atoms with Gasteiger partial charge in [0.15, 0.2) is 5.82 Å². The molecule has 0 saturated carbocycles. The number of amides is 1. The number of benzene rings is 1. The molecule has 1 fully saturated rings. The van der Waals surface area contributed by atoms with Crippen molar-refractivity contribution >= 4 is 32.9 Å². The Kier molecular flexibility index (Phi) is 5.15. The largest absolute Gasteiger partial charge is 0.439 e. The fraction of sp³-hybridized carbons (Fsp3) is 0.217. The van der Waals surface area contributed by atoms with Crippen molar-refractivity contribution in [2.45, 2.75) is 25.8 Å². The van der Waals surface area contributed by atoms with Crippen LogP contribution >= 0.6 is 15.9 Å². The number of rotatable bonds is 4. The van der Waals surface area contributed by atoms with Crippen molar-refractivity contribution in [1.29, 1.82) is 0 Å². The van der Waals surface area contributed by atoms with Gasteiger partial charge < -0.3 is 14.6 Å². The fourth-order valence-corrected chi connectivity index (χ4v) is 4.26. The van der Waals surface area contributed by atoms with E-state index in [2.05, 4.69) is 30.9 Å². The van der Waals surface area contributed by atoms with Crippen LogP contribution in [-0.2, 0) is 4.79 Å². The molecule has 0 spiro atoms. The van der Waals surface area contributed by atoms with Gasteiger partial charge in [0, 0.05) is 48.0 Å². The van der Waals surface area contributed by atoms with E-state index in [1.807, 2.05) is 41.3 Å². The molecule has 3 aromatic heterocycles. The van der Waals surface area contributed by atoms with E-state index in [4.69, 9.17) is 9.72 Å². The van der Waals surface area contributed by atoms with E-state index in [1.165, 1.54) is 0 Å². The van der Waals surface area contributed by atoms with Crippen LogP contribution in [0.4, 0.5) is 0 Å². The van der Waals surface area contributed by atoms with Crippen LogP contribution < -0.4 is 4.74 Å². The summed E-state index contributed by atoms with van der Waals surface area (Å²) in [4.78, 5) is 30.9. The first-order valence-corrected chi connectivity index (χ1v) is 10.9. The topological polar surface area (TPSA) is 84.0 Å². The number of carbonyl (C=O) groups is 1. The predicted octanol–water partition coefficient (Wildman–Crippen LogP) is 5.26. The van der Waals surface area contributed by atoms with Gasteiger partial charge in [0.05, 0.1) is 17.1 Å². The molecular weight excluding hydrogens is 458 g/mol. The lowest BCUT2D eigenvalue weighted by Crippen LogP contribution is -2.28. The Morgan fingerprint density at radius 2 is 2.13 bits per heavy atom. The SMILES string of the molecule is CC(=O)N1CCCC1c1cc2[nH]c(-c3ccccn3)nc2cc1Oc1ccc(Br)cn1. The Labute approximate surface area is 187 Å². The highest BCUT2D eigenvalue weighted by molar-refractivity contribution is 9.10. The summed E-state index contributed by atoms with van der Waals surface area (Å²) in [6.07, 6.45) is 5.28. The summed E-state index contributed by atoms with van der Waals surface area (Å²) in [6, 6.07) is 13.3. The molecule has 0 radical (unpaired) electrons. The number of nitrogens with one attached hydrogen (secondary N) is 1. The van der Waals surface area contributed by atoms with Crippen molar-refractivity contribution in [3.05, 3.63) is 64.9 Å². The van der Waals surface area contributed by atoms with Crippen LogP contribution in [0.15, 0.2) is 59.3 Å². The minimum Gasteiger partial charge on any atom is -0.439 e. The van der Waals surface area contributed by atoms with E-state index in [0.29, 0.717) is 17.5 Å². The average Bonchev–Trinajstić information content (AvgIpc) is 3.42. The van der Waals surface area contributed by atoms with Crippen molar-refractivity contribution in [3.8, 4) is 23.1 Å². The van der Waals surface area contributed by atoms with Crippen molar-refractivity contribution in [2.24, 2.45) is 0 Å². The number of ether oxygens (including phenoxy) is 1. The highest BCUT2D eigenvalue weighted by atomic mass is 79.9. The second kappa shape index (κ2) is 8.11. The third-order valence-electron chi connectivity index (χ3n) is 5.45. The number of fused-ring (bicyclic) bond motifs is 1. The highest BCUT2D eigenvalue weighted by Gasteiger charge is 2.31. The van der Waals surface area contributed by atoms with Crippen LogP contribution in [0.5, 0.6) is 11.6 Å². The molecule has 5 rings (SSSR count). The monoisotopic (exact) mass is 477 g/mol. The minimum absolute atomic E-state index is 0.0473. The number of nitrogens with zero attached hydrogens (tertiary/aromatic N) is 4. The van der Waals surface area contributed by atoms with Gasteiger partial charge in [0.1, 0.15) is 11.4 Å². The minimum atomic E-state index is -0.0473. The number of hydrogen-bond donors (Lipinski definition) is 1. The Bertz CT molecular complexity index is 1240. The first-order chi connectivity index (χ1) is 15.1. The summed E-state index contributed by atoms with van der Waals surface area (Å²) in [5.41, 5.74) is 3.36. The maximum Gasteiger partial charge on any atom is 0.219 e. The number of H-pyrrole nitrogens is 1. The lowest BCUT2D eigenvalue weighted by atomic mass is 10.0. The third-order valence-corrected chi connectivity index (χ3v) is 5.92. The Morgan fingerprint density at radius 1 is 1.23 bits per heavy atom. The number of pyridine rings is 2. The zero-order valence-electron chi connectivity index (χ0n) is 16.9. The molecule has 1 N–H and O–H groups in total. The van der Waals surface area contributed by atoms with Gasteiger partial charge in [-0.05, 0) is 53.0 Å². The van der Waals surface area contributed by atoms with Crippen molar-refractivity contribution in [3.63, 3.8) is 0 Å². The van der Waals surface area contributed by atoms with E-state index in [9.17, 15) is 4.79 Å². The van der Waals surface area contributed by atoms with E-state index in [1.54, 1.807) is 25.4 Å². The molecule has 31 heavy (non-hydrogen) atoms. The maximum atomic E-state index is 12.2. The summed E-state index contributed by atoms with van der Waals surface area (Å²) in [5.74, 6) is 1.89. The van der Waals surface area contributed by atoms with Crippen LogP contribution in [-0.4, -0.2) is 37.3 Å².